The number of carbonyl (C=O) groups is 1. The van der Waals surface area contributed by atoms with Crippen molar-refractivity contribution in [2.45, 2.75) is 58.0 Å². The highest BCUT2D eigenvalue weighted by atomic mass is 35.5. The van der Waals surface area contributed by atoms with Gasteiger partial charge in [0.2, 0.25) is 0 Å². The molecule has 1 aliphatic heterocycles. The Balaban J connectivity index is 1.70. The van der Waals surface area contributed by atoms with E-state index in [1.54, 1.807) is 0 Å². The highest BCUT2D eigenvalue weighted by Gasteiger charge is 2.50. The number of benzene rings is 2. The first-order chi connectivity index (χ1) is 13.9. The lowest BCUT2D eigenvalue weighted by Crippen LogP contribution is -2.36. The Morgan fingerprint density at radius 3 is 2.41 bits per heavy atom. The molecule has 0 saturated heterocycles. The third-order valence-electron chi connectivity index (χ3n) is 6.45. The second-order valence-corrected chi connectivity index (χ2v) is 8.81. The first-order valence-electron chi connectivity index (χ1n) is 10.5. The summed E-state index contributed by atoms with van der Waals surface area (Å²) in [6, 6.07) is 13.6. The molecule has 1 aliphatic carbocycles. The number of aliphatic hydroxyl groups excluding tert-OH is 1. The van der Waals surface area contributed by atoms with Gasteiger partial charge in [0.15, 0.2) is 11.4 Å². The Kier molecular flexibility index (Phi) is 5.44. The summed E-state index contributed by atoms with van der Waals surface area (Å²) in [7, 11) is 0. The smallest absolute Gasteiger partial charge is 0.343 e. The molecule has 1 saturated carbocycles. The van der Waals surface area contributed by atoms with E-state index < -0.39 is 11.6 Å². The number of aliphatic hydroxyl groups is 1. The third kappa shape index (κ3) is 3.69. The van der Waals surface area contributed by atoms with Gasteiger partial charge in [-0.2, -0.15) is 0 Å². The minimum Gasteiger partial charge on any atom is -0.507 e. The molecular weight excluding hydrogens is 384 g/mol. The molecule has 4 heteroatoms. The van der Waals surface area contributed by atoms with Crippen LogP contribution in [0.25, 0.3) is 16.7 Å². The molecule has 1 heterocycles. The van der Waals surface area contributed by atoms with Crippen molar-refractivity contribution in [3.05, 3.63) is 64.4 Å². The summed E-state index contributed by atoms with van der Waals surface area (Å²) in [6.07, 6.45) is 5.75. The Hall–Kier alpha value is -2.26. The summed E-state index contributed by atoms with van der Waals surface area (Å²) in [5.41, 5.74) is 3.16. The molecule has 0 bridgehead atoms. The van der Waals surface area contributed by atoms with Crippen LogP contribution in [0.2, 0.25) is 5.02 Å². The van der Waals surface area contributed by atoms with Crippen LogP contribution in [0.3, 0.4) is 0 Å². The van der Waals surface area contributed by atoms with E-state index in [1.807, 2.05) is 49.4 Å². The van der Waals surface area contributed by atoms with Crippen molar-refractivity contribution in [1.82, 2.24) is 0 Å². The maximum atomic E-state index is 12.9. The van der Waals surface area contributed by atoms with Gasteiger partial charge in [0.05, 0.1) is 0 Å². The number of hydrogen-bond donors (Lipinski definition) is 1. The molecule has 2 aromatic rings. The van der Waals surface area contributed by atoms with E-state index in [-0.39, 0.29) is 5.76 Å². The molecule has 0 atom stereocenters. The van der Waals surface area contributed by atoms with Crippen LogP contribution in [0.4, 0.5) is 0 Å². The van der Waals surface area contributed by atoms with E-state index >= 15 is 0 Å². The van der Waals surface area contributed by atoms with Gasteiger partial charge in [-0.05, 0) is 79.0 Å². The highest BCUT2D eigenvalue weighted by molar-refractivity contribution is 6.30. The maximum Gasteiger partial charge on any atom is 0.343 e. The van der Waals surface area contributed by atoms with Crippen LogP contribution in [0.5, 0.6) is 0 Å². The van der Waals surface area contributed by atoms with Gasteiger partial charge < -0.3 is 9.84 Å². The molecule has 3 nitrogen and oxygen atoms in total. The van der Waals surface area contributed by atoms with Crippen LogP contribution in [-0.2, 0) is 9.53 Å². The van der Waals surface area contributed by atoms with E-state index in [0.717, 1.165) is 35.1 Å². The van der Waals surface area contributed by atoms with Crippen molar-refractivity contribution >= 4 is 23.1 Å². The lowest BCUT2D eigenvalue weighted by Gasteiger charge is -2.35. The molecule has 0 aromatic heterocycles. The second-order valence-electron chi connectivity index (χ2n) is 8.38. The first kappa shape index (κ1) is 20.0. The van der Waals surface area contributed by atoms with Crippen LogP contribution in [-0.4, -0.2) is 16.7 Å². The Morgan fingerprint density at radius 2 is 1.76 bits per heavy atom. The molecular formula is C25H27ClO3. The molecule has 152 valence electrons. The molecule has 29 heavy (non-hydrogen) atoms. The first-order valence-corrected chi connectivity index (χ1v) is 10.9. The van der Waals surface area contributed by atoms with Gasteiger partial charge in [0.25, 0.3) is 0 Å². The van der Waals surface area contributed by atoms with Crippen LogP contribution < -0.4 is 0 Å². The number of carbonyl (C=O) groups excluding carboxylic acids is 1. The van der Waals surface area contributed by atoms with Crippen molar-refractivity contribution < 1.29 is 14.6 Å². The van der Waals surface area contributed by atoms with E-state index in [0.29, 0.717) is 29.4 Å². The summed E-state index contributed by atoms with van der Waals surface area (Å²) in [5.74, 6) is 0.373. The zero-order chi connectivity index (χ0) is 20.6. The second kappa shape index (κ2) is 7.87. The van der Waals surface area contributed by atoms with Gasteiger partial charge in [-0.1, -0.05) is 55.6 Å². The molecule has 4 rings (SSSR count). The number of ether oxygens (including phenoxy) is 1. The van der Waals surface area contributed by atoms with E-state index in [9.17, 15) is 9.90 Å². The average molecular weight is 411 g/mol. The summed E-state index contributed by atoms with van der Waals surface area (Å²) < 4.78 is 5.83. The number of aryl methyl sites for hydroxylation is 1. The largest absolute Gasteiger partial charge is 0.507 e. The average Bonchev–Trinajstić information content (AvgIpc) is 2.95. The molecule has 2 aromatic carbocycles. The Morgan fingerprint density at radius 1 is 1.10 bits per heavy atom. The van der Waals surface area contributed by atoms with Gasteiger partial charge in [-0.15, -0.1) is 0 Å². The summed E-state index contributed by atoms with van der Waals surface area (Å²) in [5, 5.41) is 11.8. The normalized spacial score (nSPS) is 24.2. The number of esters is 1. The van der Waals surface area contributed by atoms with Crippen LogP contribution in [0.15, 0.2) is 48.2 Å². The number of halogens is 1. The third-order valence-corrected chi connectivity index (χ3v) is 6.71. The number of rotatable bonds is 4. The zero-order valence-corrected chi connectivity index (χ0v) is 17.8. The summed E-state index contributed by atoms with van der Waals surface area (Å²) in [4.78, 5) is 12.9. The van der Waals surface area contributed by atoms with Crippen molar-refractivity contribution in [3.63, 3.8) is 0 Å². The van der Waals surface area contributed by atoms with Gasteiger partial charge in [0.1, 0.15) is 5.57 Å². The Labute approximate surface area is 177 Å². The van der Waals surface area contributed by atoms with Gasteiger partial charge in [-0.25, -0.2) is 4.79 Å². The Bertz CT molecular complexity index is 951. The molecule has 0 unspecified atom stereocenters. The maximum absolute atomic E-state index is 12.9. The minimum absolute atomic E-state index is 0.119. The van der Waals surface area contributed by atoms with E-state index in [2.05, 4.69) is 6.92 Å². The van der Waals surface area contributed by atoms with Crippen molar-refractivity contribution in [3.8, 4) is 11.1 Å². The number of hydrogen-bond acceptors (Lipinski definition) is 3. The van der Waals surface area contributed by atoms with Crippen molar-refractivity contribution in [1.29, 1.82) is 0 Å². The molecule has 0 radical (unpaired) electrons. The van der Waals surface area contributed by atoms with Gasteiger partial charge >= 0.3 is 5.97 Å². The van der Waals surface area contributed by atoms with E-state index in [1.165, 1.54) is 12.8 Å². The fraction of sp³-hybridized carbons (Fsp3) is 0.400. The van der Waals surface area contributed by atoms with Gasteiger partial charge in [0, 0.05) is 5.02 Å². The summed E-state index contributed by atoms with van der Waals surface area (Å²) >= 11 is 6.01. The fourth-order valence-electron chi connectivity index (χ4n) is 4.73. The summed E-state index contributed by atoms with van der Waals surface area (Å²) in [6.45, 7) is 4.16. The lowest BCUT2D eigenvalue weighted by molar-refractivity contribution is -0.150. The molecule has 1 N–H and O–H groups in total. The predicted octanol–water partition coefficient (Wildman–Crippen LogP) is 6.87. The van der Waals surface area contributed by atoms with Crippen LogP contribution >= 0.6 is 11.6 Å². The quantitative estimate of drug-likeness (QED) is 0.559. The molecule has 0 amide bonds. The van der Waals surface area contributed by atoms with Crippen molar-refractivity contribution in [2.75, 3.05) is 0 Å². The zero-order valence-electron chi connectivity index (χ0n) is 17.0. The highest BCUT2D eigenvalue weighted by Crippen LogP contribution is 2.48. The SMILES string of the molecule is CCCC1CCC2(CC1)OC(=O)C(c1cc(-c3ccc(Cl)cc3)ccc1C)=C2O. The standard InChI is InChI=1S/C25H27ClO3/c1-3-4-17-11-13-25(14-12-17)23(27)22(24(28)29-25)21-15-19(6-5-16(21)2)18-7-9-20(26)10-8-18/h5-10,15,17,27H,3-4,11-14H2,1-2H3. The lowest BCUT2D eigenvalue weighted by atomic mass is 9.76. The van der Waals surface area contributed by atoms with E-state index in [4.69, 9.17) is 16.3 Å². The molecule has 2 aliphatic rings. The van der Waals surface area contributed by atoms with Crippen LogP contribution in [0.1, 0.15) is 56.6 Å². The van der Waals surface area contributed by atoms with Gasteiger partial charge in [-0.3, -0.25) is 0 Å². The topological polar surface area (TPSA) is 46.5 Å². The predicted molar refractivity (Wildman–Crippen MR) is 117 cm³/mol. The van der Waals surface area contributed by atoms with Crippen molar-refractivity contribution in [2.24, 2.45) is 5.92 Å². The monoisotopic (exact) mass is 410 g/mol. The fourth-order valence-corrected chi connectivity index (χ4v) is 4.86. The van der Waals surface area contributed by atoms with Crippen LogP contribution in [0, 0.1) is 12.8 Å². The molecule has 1 spiro atoms. The molecule has 1 fully saturated rings. The minimum atomic E-state index is -0.834.